The zero-order valence-electron chi connectivity index (χ0n) is 12.3. The van der Waals surface area contributed by atoms with Crippen molar-refractivity contribution >= 4 is 11.8 Å². The van der Waals surface area contributed by atoms with Crippen LogP contribution in [0.4, 0.5) is 0 Å². The summed E-state index contributed by atoms with van der Waals surface area (Å²) in [5.41, 5.74) is 5.41. The molecule has 2 rings (SSSR count). The first-order valence-corrected chi connectivity index (χ1v) is 7.91. The Hall–Kier alpha value is -0.940. The van der Waals surface area contributed by atoms with Crippen LogP contribution in [0.1, 0.15) is 51.4 Å². The Morgan fingerprint density at radius 3 is 2.30 bits per heavy atom. The minimum Gasteiger partial charge on any atom is -0.329 e. The van der Waals surface area contributed by atoms with E-state index in [4.69, 9.17) is 5.73 Å². The highest BCUT2D eigenvalue weighted by Gasteiger charge is 2.44. The Bertz CT molecular complexity index is 331. The first-order valence-electron chi connectivity index (χ1n) is 7.91. The van der Waals surface area contributed by atoms with Crippen LogP contribution in [0, 0.1) is 5.41 Å². The van der Waals surface area contributed by atoms with Crippen LogP contribution in [0.2, 0.25) is 0 Å². The van der Waals surface area contributed by atoms with Crippen LogP contribution < -0.4 is 11.1 Å². The number of unbranched alkanes of at least 4 members (excludes halogenated alkanes) is 1. The van der Waals surface area contributed by atoms with Gasteiger partial charge in [-0.15, -0.1) is 0 Å². The van der Waals surface area contributed by atoms with Crippen LogP contribution in [0.25, 0.3) is 0 Å². The molecule has 1 aliphatic heterocycles. The molecule has 2 fully saturated rings. The quantitative estimate of drug-likeness (QED) is 0.540. The van der Waals surface area contributed by atoms with Crippen molar-refractivity contribution in [3.8, 4) is 0 Å². The van der Waals surface area contributed by atoms with E-state index < -0.39 is 0 Å². The second kappa shape index (κ2) is 7.18. The van der Waals surface area contributed by atoms with E-state index in [9.17, 15) is 9.59 Å². The highest BCUT2D eigenvalue weighted by atomic mass is 16.2. The monoisotopic (exact) mass is 281 g/mol. The van der Waals surface area contributed by atoms with Crippen LogP contribution in [-0.4, -0.2) is 42.9 Å². The highest BCUT2D eigenvalue weighted by molar-refractivity contribution is 5.98. The van der Waals surface area contributed by atoms with Crippen molar-refractivity contribution in [3.05, 3.63) is 0 Å². The summed E-state index contributed by atoms with van der Waals surface area (Å²) in [6, 6.07) is 0. The summed E-state index contributed by atoms with van der Waals surface area (Å²) in [6.07, 6.45) is 7.49. The molecule has 1 saturated carbocycles. The molecule has 114 valence electrons. The second-order valence-electron chi connectivity index (χ2n) is 6.25. The van der Waals surface area contributed by atoms with E-state index in [1.54, 1.807) is 0 Å². The molecule has 5 nitrogen and oxygen atoms in total. The minimum absolute atomic E-state index is 0.0212. The van der Waals surface area contributed by atoms with Gasteiger partial charge in [0.05, 0.1) is 0 Å². The lowest BCUT2D eigenvalue weighted by Gasteiger charge is -2.37. The number of carbonyl (C=O) groups excluding carboxylic acids is 2. The first-order chi connectivity index (χ1) is 9.67. The fourth-order valence-corrected chi connectivity index (χ4v) is 3.51. The van der Waals surface area contributed by atoms with Gasteiger partial charge in [-0.3, -0.25) is 14.5 Å². The van der Waals surface area contributed by atoms with Gasteiger partial charge < -0.3 is 11.1 Å². The van der Waals surface area contributed by atoms with Gasteiger partial charge in [0.2, 0.25) is 11.8 Å². The van der Waals surface area contributed by atoms with Crippen molar-refractivity contribution in [2.24, 2.45) is 11.1 Å². The molecule has 0 aromatic heterocycles. The predicted molar refractivity (Wildman–Crippen MR) is 78.0 cm³/mol. The summed E-state index contributed by atoms with van der Waals surface area (Å²) in [5.74, 6) is 0.108. The van der Waals surface area contributed by atoms with Gasteiger partial charge in [0.1, 0.15) is 0 Å². The average Bonchev–Trinajstić information content (AvgIpc) is 2.84. The first kappa shape index (κ1) is 15.4. The third-order valence-corrected chi connectivity index (χ3v) is 4.63. The van der Waals surface area contributed by atoms with Gasteiger partial charge >= 0.3 is 0 Å². The Balaban J connectivity index is 1.73. The van der Waals surface area contributed by atoms with Crippen molar-refractivity contribution in [2.75, 3.05) is 26.2 Å². The van der Waals surface area contributed by atoms with E-state index in [0.717, 1.165) is 38.8 Å². The van der Waals surface area contributed by atoms with Gasteiger partial charge in [0, 0.05) is 32.5 Å². The SMILES string of the molecule is NCCNCCCCN1C(=O)CC2(CCCC2)CC1=O. The molecule has 20 heavy (non-hydrogen) atoms. The normalized spacial score (nSPS) is 21.9. The molecule has 3 N–H and O–H groups in total. The molecule has 5 heteroatoms. The molecule has 1 heterocycles. The lowest BCUT2D eigenvalue weighted by Crippen LogP contribution is -2.47. The van der Waals surface area contributed by atoms with Gasteiger partial charge in [0.25, 0.3) is 0 Å². The number of likely N-dealkylation sites (tertiary alicyclic amines) is 1. The van der Waals surface area contributed by atoms with E-state index in [0.29, 0.717) is 25.9 Å². The van der Waals surface area contributed by atoms with Gasteiger partial charge in [-0.1, -0.05) is 12.8 Å². The summed E-state index contributed by atoms with van der Waals surface area (Å²) in [4.78, 5) is 25.9. The molecule has 1 aliphatic carbocycles. The predicted octanol–water partition coefficient (Wildman–Crippen LogP) is 1.02. The lowest BCUT2D eigenvalue weighted by atomic mass is 9.76. The van der Waals surface area contributed by atoms with Crippen molar-refractivity contribution in [2.45, 2.75) is 51.4 Å². The van der Waals surface area contributed by atoms with Crippen molar-refractivity contribution in [3.63, 3.8) is 0 Å². The maximum Gasteiger partial charge on any atom is 0.229 e. The van der Waals surface area contributed by atoms with Crippen LogP contribution >= 0.6 is 0 Å². The largest absolute Gasteiger partial charge is 0.329 e. The smallest absolute Gasteiger partial charge is 0.229 e. The van der Waals surface area contributed by atoms with Crippen LogP contribution in [0.3, 0.4) is 0 Å². The zero-order valence-corrected chi connectivity index (χ0v) is 12.3. The summed E-state index contributed by atoms with van der Waals surface area (Å²) in [7, 11) is 0. The molecule has 0 radical (unpaired) electrons. The fourth-order valence-electron chi connectivity index (χ4n) is 3.51. The Labute approximate surface area is 121 Å². The topological polar surface area (TPSA) is 75.4 Å². The van der Waals surface area contributed by atoms with Gasteiger partial charge in [-0.05, 0) is 37.6 Å². The number of nitrogens with one attached hydrogen (secondary N) is 1. The maximum atomic E-state index is 12.2. The zero-order chi connectivity index (χ0) is 14.4. The van der Waals surface area contributed by atoms with E-state index in [-0.39, 0.29) is 17.2 Å². The van der Waals surface area contributed by atoms with Gasteiger partial charge in [-0.2, -0.15) is 0 Å². The van der Waals surface area contributed by atoms with Gasteiger partial charge in [0.15, 0.2) is 0 Å². The summed E-state index contributed by atoms with van der Waals surface area (Å²) in [6.45, 7) is 2.95. The standard InChI is InChI=1S/C15H27N3O2/c16-7-9-17-8-3-4-10-18-13(19)11-15(12-14(18)20)5-1-2-6-15/h17H,1-12,16H2. The molecular weight excluding hydrogens is 254 g/mol. The minimum atomic E-state index is 0.0212. The van der Waals surface area contributed by atoms with Crippen molar-refractivity contribution in [1.82, 2.24) is 10.2 Å². The Kier molecular flexibility index (Phi) is 5.54. The average molecular weight is 281 g/mol. The second-order valence-corrected chi connectivity index (χ2v) is 6.25. The number of hydrogen-bond donors (Lipinski definition) is 2. The Morgan fingerprint density at radius 2 is 1.70 bits per heavy atom. The molecule has 1 spiro atoms. The summed E-state index contributed by atoms with van der Waals surface area (Å²) >= 11 is 0. The van der Waals surface area contributed by atoms with Crippen molar-refractivity contribution < 1.29 is 9.59 Å². The van der Waals surface area contributed by atoms with E-state index in [1.165, 1.54) is 17.7 Å². The summed E-state index contributed by atoms with van der Waals surface area (Å²) < 4.78 is 0. The third-order valence-electron chi connectivity index (χ3n) is 4.63. The molecule has 0 atom stereocenters. The number of nitrogens with zero attached hydrogens (tertiary/aromatic N) is 1. The third kappa shape index (κ3) is 3.79. The molecule has 0 bridgehead atoms. The molecule has 0 aromatic carbocycles. The molecule has 2 amide bonds. The van der Waals surface area contributed by atoms with E-state index >= 15 is 0 Å². The number of piperidine rings is 1. The van der Waals surface area contributed by atoms with Crippen molar-refractivity contribution in [1.29, 1.82) is 0 Å². The highest BCUT2D eigenvalue weighted by Crippen LogP contribution is 2.46. The molecule has 2 aliphatic rings. The number of imide groups is 1. The van der Waals surface area contributed by atoms with Crippen LogP contribution in [0.5, 0.6) is 0 Å². The van der Waals surface area contributed by atoms with E-state index in [1.807, 2.05) is 0 Å². The molecule has 0 aromatic rings. The summed E-state index contributed by atoms with van der Waals surface area (Å²) in [5, 5.41) is 3.22. The lowest BCUT2D eigenvalue weighted by molar-refractivity contribution is -0.153. The Morgan fingerprint density at radius 1 is 1.05 bits per heavy atom. The molecule has 1 saturated heterocycles. The number of nitrogens with two attached hydrogens (primary N) is 1. The number of amides is 2. The molecular formula is C15H27N3O2. The fraction of sp³-hybridized carbons (Fsp3) is 0.867. The van der Waals surface area contributed by atoms with E-state index in [2.05, 4.69) is 5.32 Å². The number of hydrogen-bond acceptors (Lipinski definition) is 4. The molecule has 0 unspecified atom stereocenters. The van der Waals surface area contributed by atoms with Gasteiger partial charge in [-0.25, -0.2) is 0 Å². The maximum absolute atomic E-state index is 12.2. The van der Waals surface area contributed by atoms with Crippen LogP contribution in [-0.2, 0) is 9.59 Å². The number of rotatable bonds is 7. The van der Waals surface area contributed by atoms with Crippen LogP contribution in [0.15, 0.2) is 0 Å². The number of carbonyl (C=O) groups is 2.